The molecule has 0 aliphatic heterocycles. The van der Waals surface area contributed by atoms with Crippen LogP contribution in [0, 0.1) is 5.41 Å². The van der Waals surface area contributed by atoms with Gasteiger partial charge in [-0.1, -0.05) is 56.3 Å². The predicted octanol–water partition coefficient (Wildman–Crippen LogP) is 4.16. The summed E-state index contributed by atoms with van der Waals surface area (Å²) in [6.07, 6.45) is 3.89. The van der Waals surface area contributed by atoms with Gasteiger partial charge in [0.1, 0.15) is 0 Å². The number of benzene rings is 2. The van der Waals surface area contributed by atoms with E-state index in [4.69, 9.17) is 0 Å². The quantitative estimate of drug-likeness (QED) is 0.843. The number of fused-ring (bicyclic) bond motifs is 1. The van der Waals surface area contributed by atoms with Crippen LogP contribution in [0.4, 0.5) is 0 Å². The third-order valence-electron chi connectivity index (χ3n) is 4.63. The third kappa shape index (κ3) is 2.52. The van der Waals surface area contributed by atoms with Gasteiger partial charge in [0.2, 0.25) is 0 Å². The Balaban J connectivity index is 1.91. The summed E-state index contributed by atoms with van der Waals surface area (Å²) in [5, 5.41) is 6.47. The summed E-state index contributed by atoms with van der Waals surface area (Å²) in [6, 6.07) is 16.0. The number of hydrogen-bond acceptors (Lipinski definition) is 1. The van der Waals surface area contributed by atoms with E-state index in [9.17, 15) is 0 Å². The van der Waals surface area contributed by atoms with Crippen LogP contribution in [0.1, 0.15) is 32.3 Å². The molecule has 0 heterocycles. The Morgan fingerprint density at radius 1 is 1.11 bits per heavy atom. The van der Waals surface area contributed by atoms with Gasteiger partial charge in [0.15, 0.2) is 0 Å². The van der Waals surface area contributed by atoms with Gasteiger partial charge in [-0.3, -0.25) is 0 Å². The Labute approximate surface area is 116 Å². The molecule has 0 spiro atoms. The lowest BCUT2D eigenvalue weighted by Gasteiger charge is -2.25. The monoisotopic (exact) mass is 253 g/mol. The summed E-state index contributed by atoms with van der Waals surface area (Å²) >= 11 is 0. The molecule has 1 unspecified atom stereocenters. The van der Waals surface area contributed by atoms with Crippen molar-refractivity contribution in [3.63, 3.8) is 0 Å². The molecule has 0 amide bonds. The average Bonchev–Trinajstić information content (AvgIpc) is 3.18. The van der Waals surface area contributed by atoms with Crippen LogP contribution in [0.15, 0.2) is 42.5 Å². The van der Waals surface area contributed by atoms with E-state index in [-0.39, 0.29) is 0 Å². The van der Waals surface area contributed by atoms with Gasteiger partial charge < -0.3 is 5.32 Å². The van der Waals surface area contributed by atoms with Gasteiger partial charge in [-0.15, -0.1) is 0 Å². The van der Waals surface area contributed by atoms with Crippen LogP contribution in [0.3, 0.4) is 0 Å². The van der Waals surface area contributed by atoms with Crippen molar-refractivity contribution in [3.8, 4) is 0 Å². The fourth-order valence-electron chi connectivity index (χ4n) is 3.05. The van der Waals surface area contributed by atoms with E-state index >= 15 is 0 Å². The van der Waals surface area contributed by atoms with Gasteiger partial charge in [0.25, 0.3) is 0 Å². The number of nitrogens with one attached hydrogen (secondary N) is 1. The highest BCUT2D eigenvalue weighted by Gasteiger charge is 2.44. The lowest BCUT2D eigenvalue weighted by molar-refractivity contribution is 0.361. The van der Waals surface area contributed by atoms with Gasteiger partial charge in [0, 0.05) is 6.04 Å². The van der Waals surface area contributed by atoms with E-state index in [0.717, 1.165) is 13.0 Å². The van der Waals surface area contributed by atoms with Crippen molar-refractivity contribution in [1.82, 2.24) is 5.32 Å². The first-order valence-corrected chi connectivity index (χ1v) is 7.43. The van der Waals surface area contributed by atoms with Gasteiger partial charge >= 0.3 is 0 Å². The van der Waals surface area contributed by atoms with Crippen LogP contribution in [-0.2, 0) is 6.42 Å². The molecule has 2 aromatic rings. The first-order chi connectivity index (χ1) is 9.23. The molecule has 3 rings (SSSR count). The predicted molar refractivity (Wildman–Crippen MR) is 82.5 cm³/mol. The zero-order valence-corrected chi connectivity index (χ0v) is 11.9. The van der Waals surface area contributed by atoms with E-state index in [1.807, 2.05) is 0 Å². The third-order valence-corrected chi connectivity index (χ3v) is 4.63. The fraction of sp³-hybridized carbons (Fsp3) is 0.444. The molecular formula is C18H23N. The zero-order valence-electron chi connectivity index (χ0n) is 11.9. The van der Waals surface area contributed by atoms with Crippen molar-refractivity contribution >= 4 is 10.8 Å². The minimum atomic E-state index is 0.521. The van der Waals surface area contributed by atoms with Gasteiger partial charge in [-0.05, 0) is 47.6 Å². The molecule has 19 heavy (non-hydrogen) atoms. The van der Waals surface area contributed by atoms with E-state index < -0.39 is 0 Å². The maximum atomic E-state index is 3.70. The molecule has 1 fully saturated rings. The molecule has 0 aromatic heterocycles. The van der Waals surface area contributed by atoms with E-state index in [1.165, 1.54) is 29.2 Å². The standard InChI is InChI=1S/C18H23N/c1-3-19-17(18(2)11-12-18)13-15-9-6-8-14-7-4-5-10-16(14)15/h4-10,17,19H,3,11-13H2,1-2H3. The van der Waals surface area contributed by atoms with Crippen LogP contribution in [0.25, 0.3) is 10.8 Å². The SMILES string of the molecule is CCNC(Cc1cccc2ccccc12)C1(C)CC1. The molecule has 1 heteroatoms. The minimum Gasteiger partial charge on any atom is -0.313 e. The lowest BCUT2D eigenvalue weighted by Crippen LogP contribution is -2.38. The van der Waals surface area contributed by atoms with Crippen molar-refractivity contribution in [2.45, 2.75) is 39.2 Å². The second kappa shape index (κ2) is 4.97. The topological polar surface area (TPSA) is 12.0 Å². The summed E-state index contributed by atoms with van der Waals surface area (Å²) in [4.78, 5) is 0. The summed E-state index contributed by atoms with van der Waals surface area (Å²) in [6.45, 7) is 5.69. The van der Waals surface area contributed by atoms with Crippen LogP contribution < -0.4 is 5.32 Å². The fourth-order valence-corrected chi connectivity index (χ4v) is 3.05. The van der Waals surface area contributed by atoms with Crippen molar-refractivity contribution in [2.24, 2.45) is 5.41 Å². The van der Waals surface area contributed by atoms with Gasteiger partial charge in [-0.25, -0.2) is 0 Å². The van der Waals surface area contributed by atoms with Gasteiger partial charge in [0.05, 0.1) is 0 Å². The van der Waals surface area contributed by atoms with Crippen molar-refractivity contribution in [2.75, 3.05) is 6.54 Å². The highest BCUT2D eigenvalue weighted by Crippen LogP contribution is 2.49. The molecule has 1 N–H and O–H groups in total. The summed E-state index contributed by atoms with van der Waals surface area (Å²) in [5.41, 5.74) is 2.00. The van der Waals surface area contributed by atoms with Crippen LogP contribution >= 0.6 is 0 Å². The van der Waals surface area contributed by atoms with E-state index in [1.54, 1.807) is 0 Å². The smallest absolute Gasteiger partial charge is 0.0161 e. The Hall–Kier alpha value is -1.34. The molecule has 0 radical (unpaired) electrons. The van der Waals surface area contributed by atoms with Crippen LogP contribution in [-0.4, -0.2) is 12.6 Å². The minimum absolute atomic E-state index is 0.521. The van der Waals surface area contributed by atoms with Crippen LogP contribution in [0.2, 0.25) is 0 Å². The number of likely N-dealkylation sites (N-methyl/N-ethyl adjacent to an activating group) is 1. The highest BCUT2D eigenvalue weighted by molar-refractivity contribution is 5.85. The first kappa shape index (κ1) is 12.7. The molecule has 2 aromatic carbocycles. The Kier molecular flexibility index (Phi) is 3.32. The molecular weight excluding hydrogens is 230 g/mol. The molecule has 1 nitrogen and oxygen atoms in total. The molecule has 1 saturated carbocycles. The summed E-state index contributed by atoms with van der Waals surface area (Å²) in [5.74, 6) is 0. The van der Waals surface area contributed by atoms with Crippen molar-refractivity contribution in [1.29, 1.82) is 0 Å². The Morgan fingerprint density at radius 2 is 1.84 bits per heavy atom. The highest BCUT2D eigenvalue weighted by atomic mass is 14.9. The molecule has 0 saturated heterocycles. The zero-order chi connectivity index (χ0) is 13.3. The normalized spacial score (nSPS) is 18.4. The molecule has 1 atom stereocenters. The number of rotatable bonds is 5. The molecule has 100 valence electrons. The van der Waals surface area contributed by atoms with Crippen LogP contribution in [0.5, 0.6) is 0 Å². The van der Waals surface area contributed by atoms with Gasteiger partial charge in [-0.2, -0.15) is 0 Å². The van der Waals surface area contributed by atoms with E-state index in [0.29, 0.717) is 11.5 Å². The summed E-state index contributed by atoms with van der Waals surface area (Å²) in [7, 11) is 0. The largest absolute Gasteiger partial charge is 0.313 e. The summed E-state index contributed by atoms with van der Waals surface area (Å²) < 4.78 is 0. The maximum absolute atomic E-state index is 3.70. The molecule has 1 aliphatic carbocycles. The Morgan fingerprint density at radius 3 is 2.58 bits per heavy atom. The second-order valence-electron chi connectivity index (χ2n) is 6.11. The lowest BCUT2D eigenvalue weighted by atomic mass is 9.90. The maximum Gasteiger partial charge on any atom is 0.0161 e. The van der Waals surface area contributed by atoms with Crippen molar-refractivity contribution < 1.29 is 0 Å². The number of hydrogen-bond donors (Lipinski definition) is 1. The van der Waals surface area contributed by atoms with Crippen molar-refractivity contribution in [3.05, 3.63) is 48.0 Å². The molecule has 1 aliphatic rings. The second-order valence-corrected chi connectivity index (χ2v) is 6.11. The first-order valence-electron chi connectivity index (χ1n) is 7.43. The van der Waals surface area contributed by atoms with E-state index in [2.05, 4.69) is 61.6 Å². The Bertz CT molecular complexity index is 563. The average molecular weight is 253 g/mol. The molecule has 0 bridgehead atoms.